The van der Waals surface area contributed by atoms with Crippen LogP contribution >= 0.6 is 0 Å². The lowest BCUT2D eigenvalue weighted by Crippen LogP contribution is -2.16. The van der Waals surface area contributed by atoms with Crippen LogP contribution in [0.1, 0.15) is 16.7 Å². The molecule has 0 aliphatic heterocycles. The Morgan fingerprint density at radius 3 is 2.00 bits per heavy atom. The number of hydrogen-bond acceptors (Lipinski definition) is 2. The molecule has 1 heterocycles. The van der Waals surface area contributed by atoms with Crippen LogP contribution in [0.25, 0.3) is 0 Å². The maximum absolute atomic E-state index is 4.22. The first-order valence-electron chi connectivity index (χ1n) is 6.86. The van der Waals surface area contributed by atoms with E-state index in [4.69, 9.17) is 0 Å². The fourth-order valence-corrected chi connectivity index (χ4v) is 4.47. The quantitative estimate of drug-likeness (QED) is 0.670. The number of aromatic nitrogens is 3. The molecule has 2 aromatic carbocycles. The van der Waals surface area contributed by atoms with Gasteiger partial charge in [0.1, 0.15) is 12.7 Å². The van der Waals surface area contributed by atoms with Crippen molar-refractivity contribution in [2.45, 2.75) is 11.7 Å². The van der Waals surface area contributed by atoms with Crippen molar-refractivity contribution in [2.75, 3.05) is 0 Å². The predicted molar refractivity (Wildman–Crippen MR) is 83.3 cm³/mol. The van der Waals surface area contributed by atoms with Gasteiger partial charge in [-0.1, -0.05) is 60.7 Å². The number of benzene rings is 2. The van der Waals surface area contributed by atoms with E-state index < -0.39 is 0 Å². The summed E-state index contributed by atoms with van der Waals surface area (Å²) in [6, 6.07) is 21.5. The van der Waals surface area contributed by atoms with Gasteiger partial charge in [-0.25, -0.2) is 4.98 Å². The van der Waals surface area contributed by atoms with Crippen LogP contribution in [-0.2, 0) is 6.17 Å². The number of hydrogen-bond donors (Lipinski definition) is 0. The molecule has 0 unspecified atom stereocenters. The van der Waals surface area contributed by atoms with E-state index >= 15 is 0 Å². The van der Waals surface area contributed by atoms with Crippen molar-refractivity contribution < 1.29 is 0 Å². The molecule has 0 saturated carbocycles. The Balaban J connectivity index is 1.84. The van der Waals surface area contributed by atoms with E-state index in [1.807, 2.05) is 4.68 Å². The molecular weight excluding hydrogens is 262 g/mol. The molecule has 4 heteroatoms. The fraction of sp³-hybridized carbons (Fsp3) is 0.125. The Morgan fingerprint density at radius 1 is 0.900 bits per heavy atom. The zero-order chi connectivity index (χ0) is 13.6. The van der Waals surface area contributed by atoms with Crippen molar-refractivity contribution in [1.82, 2.24) is 14.8 Å². The molecule has 0 atom stereocenters. The molecule has 20 heavy (non-hydrogen) atoms. The van der Waals surface area contributed by atoms with Crippen LogP contribution in [0.15, 0.2) is 73.3 Å². The van der Waals surface area contributed by atoms with Crippen LogP contribution < -0.4 is 0 Å². The van der Waals surface area contributed by atoms with Gasteiger partial charge in [-0.3, -0.25) is 4.68 Å². The van der Waals surface area contributed by atoms with Crippen molar-refractivity contribution in [3.63, 3.8) is 0 Å². The van der Waals surface area contributed by atoms with Gasteiger partial charge in [0.15, 0.2) is 0 Å². The van der Waals surface area contributed by atoms with Crippen LogP contribution in [-0.4, -0.2) is 24.3 Å². The summed E-state index contributed by atoms with van der Waals surface area (Å²) < 4.78 is 1.95. The first-order valence-corrected chi connectivity index (χ1v) is 8.67. The molecule has 3 rings (SSSR count). The lowest BCUT2D eigenvalue weighted by Gasteiger charge is -2.17. The third kappa shape index (κ3) is 3.03. The smallest absolute Gasteiger partial charge is 0.137 e. The van der Waals surface area contributed by atoms with Gasteiger partial charge in [-0.05, 0) is 16.7 Å². The minimum atomic E-state index is -0.380. The second kappa shape index (κ2) is 6.30. The van der Waals surface area contributed by atoms with Gasteiger partial charge < -0.3 is 0 Å². The lowest BCUT2D eigenvalue weighted by atomic mass is 10.0. The molecule has 0 spiro atoms. The molecule has 0 bridgehead atoms. The van der Waals surface area contributed by atoms with E-state index in [1.54, 1.807) is 12.7 Å². The summed E-state index contributed by atoms with van der Waals surface area (Å²) >= 11 is 0. The largest absolute Gasteiger partial charge is 0.257 e. The Bertz CT molecular complexity index is 584. The van der Waals surface area contributed by atoms with E-state index in [9.17, 15) is 0 Å². The van der Waals surface area contributed by atoms with Crippen molar-refractivity contribution in [3.8, 4) is 0 Å². The number of nitrogens with zero attached hydrogens (tertiary/aromatic N) is 3. The van der Waals surface area contributed by atoms with Crippen molar-refractivity contribution in [3.05, 3.63) is 84.4 Å². The standard InChI is InChI=1S/C16H17N3Si/c1-3-7-14(8-4-1)16(15-9-5-2-6-10-15)20-13-19-12-17-11-18-19/h1-12,16H,13,20H2. The molecule has 0 amide bonds. The first-order chi connectivity index (χ1) is 9.93. The summed E-state index contributed by atoms with van der Waals surface area (Å²) in [4.78, 5) is 4.02. The average molecular weight is 279 g/mol. The highest BCUT2D eigenvalue weighted by Crippen LogP contribution is 2.23. The SMILES string of the molecule is c1ccc(C([SiH2]Cn2cncn2)c2ccccc2)cc1. The summed E-state index contributed by atoms with van der Waals surface area (Å²) in [6.07, 6.45) is 4.42. The molecule has 3 aromatic rings. The van der Waals surface area contributed by atoms with Crippen LogP contribution in [0.5, 0.6) is 0 Å². The summed E-state index contributed by atoms with van der Waals surface area (Å²) in [5.41, 5.74) is 3.34. The van der Waals surface area contributed by atoms with E-state index in [1.165, 1.54) is 11.1 Å². The molecule has 0 aliphatic rings. The summed E-state index contributed by atoms with van der Waals surface area (Å²) in [5.74, 6) is 0. The summed E-state index contributed by atoms with van der Waals surface area (Å²) in [6.45, 7) is 0. The molecule has 0 saturated heterocycles. The molecule has 100 valence electrons. The lowest BCUT2D eigenvalue weighted by molar-refractivity contribution is 0.730. The average Bonchev–Trinajstić information content (AvgIpc) is 3.03. The van der Waals surface area contributed by atoms with Crippen LogP contribution in [0.3, 0.4) is 0 Å². The predicted octanol–water partition coefficient (Wildman–Crippen LogP) is 2.19. The third-order valence-corrected chi connectivity index (χ3v) is 5.75. The van der Waals surface area contributed by atoms with Crippen molar-refractivity contribution in [2.24, 2.45) is 0 Å². The van der Waals surface area contributed by atoms with Gasteiger partial charge in [0.25, 0.3) is 0 Å². The molecular formula is C16H17N3Si. The van der Waals surface area contributed by atoms with Gasteiger partial charge in [0, 0.05) is 6.17 Å². The molecule has 0 N–H and O–H groups in total. The molecule has 0 fully saturated rings. The Hall–Kier alpha value is -2.20. The Labute approximate surface area is 121 Å². The molecule has 0 radical (unpaired) electrons. The van der Waals surface area contributed by atoms with Crippen LogP contribution in [0.2, 0.25) is 0 Å². The maximum Gasteiger partial charge on any atom is 0.137 e. The fourth-order valence-electron chi connectivity index (χ4n) is 2.51. The van der Waals surface area contributed by atoms with Crippen LogP contribution in [0, 0.1) is 0 Å². The monoisotopic (exact) mass is 279 g/mol. The topological polar surface area (TPSA) is 30.7 Å². The summed E-state index contributed by atoms with van der Waals surface area (Å²) in [7, 11) is -0.380. The third-order valence-electron chi connectivity index (χ3n) is 3.52. The molecule has 3 nitrogen and oxygen atoms in total. The van der Waals surface area contributed by atoms with Gasteiger partial charge >= 0.3 is 0 Å². The van der Waals surface area contributed by atoms with E-state index in [0.29, 0.717) is 5.54 Å². The van der Waals surface area contributed by atoms with Gasteiger partial charge in [0.05, 0.1) is 9.52 Å². The number of rotatable bonds is 5. The van der Waals surface area contributed by atoms with E-state index in [-0.39, 0.29) is 9.52 Å². The molecule has 1 aromatic heterocycles. The zero-order valence-corrected chi connectivity index (χ0v) is 12.7. The highest BCUT2D eigenvalue weighted by atomic mass is 28.2. The first kappa shape index (κ1) is 12.8. The second-order valence-corrected chi connectivity index (χ2v) is 6.66. The highest BCUT2D eigenvalue weighted by molar-refractivity contribution is 6.37. The van der Waals surface area contributed by atoms with Gasteiger partial charge in [-0.15, -0.1) is 0 Å². The van der Waals surface area contributed by atoms with Crippen LogP contribution in [0.4, 0.5) is 0 Å². The highest BCUT2D eigenvalue weighted by Gasteiger charge is 2.14. The van der Waals surface area contributed by atoms with Crippen molar-refractivity contribution >= 4 is 9.52 Å². The molecule has 0 aliphatic carbocycles. The van der Waals surface area contributed by atoms with Gasteiger partial charge in [0.2, 0.25) is 0 Å². The summed E-state index contributed by atoms with van der Waals surface area (Å²) in [5, 5.41) is 4.22. The van der Waals surface area contributed by atoms with E-state index in [0.717, 1.165) is 6.17 Å². The minimum Gasteiger partial charge on any atom is -0.257 e. The maximum atomic E-state index is 4.22. The second-order valence-electron chi connectivity index (χ2n) is 4.82. The zero-order valence-electron chi connectivity index (χ0n) is 11.3. The van der Waals surface area contributed by atoms with E-state index in [2.05, 4.69) is 70.7 Å². The Morgan fingerprint density at radius 2 is 1.50 bits per heavy atom. The minimum absolute atomic E-state index is 0.380. The normalized spacial score (nSPS) is 11.4. The van der Waals surface area contributed by atoms with Gasteiger partial charge in [-0.2, -0.15) is 5.10 Å². The van der Waals surface area contributed by atoms with Crippen molar-refractivity contribution in [1.29, 1.82) is 0 Å². The Kier molecular flexibility index (Phi) is 4.03.